The summed E-state index contributed by atoms with van der Waals surface area (Å²) in [5.74, 6) is -0.937. The van der Waals surface area contributed by atoms with Crippen LogP contribution in [-0.4, -0.2) is 75.6 Å². The van der Waals surface area contributed by atoms with Crippen LogP contribution in [0.25, 0.3) is 0 Å². The Morgan fingerprint density at radius 1 is 1.14 bits per heavy atom. The van der Waals surface area contributed by atoms with Crippen LogP contribution in [0.3, 0.4) is 0 Å². The third-order valence-corrected chi connectivity index (χ3v) is 6.98. The van der Waals surface area contributed by atoms with Gasteiger partial charge in [0, 0.05) is 0 Å². The van der Waals surface area contributed by atoms with Gasteiger partial charge in [0.15, 0.2) is 11.9 Å². The summed E-state index contributed by atoms with van der Waals surface area (Å²) < 4.78 is 50.8. The van der Waals surface area contributed by atoms with Crippen molar-refractivity contribution in [3.63, 3.8) is 0 Å². The molecular weight excluding hydrogens is 469 g/mol. The first kappa shape index (κ1) is 24.2. The molecule has 0 bridgehead atoms. The largest absolute Gasteiger partial charge is 0.490 e. The second-order valence-corrected chi connectivity index (χ2v) is 9.80. The number of phosphoric acid groups is 3. The van der Waals surface area contributed by atoms with Gasteiger partial charge in [-0.2, -0.15) is 8.62 Å². The maximum atomic E-state index is 11.7. The summed E-state index contributed by atoms with van der Waals surface area (Å²) in [6.07, 6.45) is -5.34. The molecule has 6 atom stereocenters. The van der Waals surface area contributed by atoms with Gasteiger partial charge in [0.25, 0.3) is 5.91 Å². The van der Waals surface area contributed by atoms with Gasteiger partial charge in [-0.3, -0.25) is 9.32 Å². The molecule has 21 heteroatoms. The third-order valence-electron chi connectivity index (χ3n) is 3.18. The zero-order chi connectivity index (χ0) is 22.2. The highest BCUT2D eigenvalue weighted by Crippen LogP contribution is 2.66. The lowest BCUT2D eigenvalue weighted by atomic mass is 10.1. The van der Waals surface area contributed by atoms with E-state index in [2.05, 4.69) is 23.5 Å². The number of ether oxygens (including phenoxy) is 1. The molecule has 0 aromatic carbocycles. The summed E-state index contributed by atoms with van der Waals surface area (Å²) in [6, 6.07) is 0. The van der Waals surface area contributed by atoms with Crippen LogP contribution < -0.4 is 5.73 Å². The summed E-state index contributed by atoms with van der Waals surface area (Å²) in [7, 11) is -16.7. The van der Waals surface area contributed by atoms with E-state index in [0.717, 1.165) is 10.9 Å². The number of rotatable bonds is 9. The van der Waals surface area contributed by atoms with Gasteiger partial charge in [-0.25, -0.2) is 18.4 Å². The van der Waals surface area contributed by atoms with E-state index < -0.39 is 60.5 Å². The molecule has 8 N–H and O–H groups in total. The molecule has 1 aliphatic rings. The summed E-state index contributed by atoms with van der Waals surface area (Å²) in [4.78, 5) is 46.3. The minimum Gasteiger partial charge on any atom is -0.387 e. The van der Waals surface area contributed by atoms with Crippen LogP contribution in [0.15, 0.2) is 6.20 Å². The number of aromatic nitrogens is 3. The molecule has 2 unspecified atom stereocenters. The van der Waals surface area contributed by atoms with E-state index >= 15 is 0 Å². The number of hydrogen-bond donors (Lipinski definition) is 7. The number of amides is 1. The molecule has 1 aromatic heterocycles. The molecular formula is C8H15N4O14P3. The Kier molecular flexibility index (Phi) is 7.14. The molecule has 1 aromatic rings. The number of aliphatic hydroxyl groups excluding tert-OH is 2. The van der Waals surface area contributed by atoms with Crippen molar-refractivity contribution < 1.29 is 66.2 Å². The number of nitrogens with two attached hydrogens (primary N) is 1. The van der Waals surface area contributed by atoms with E-state index in [9.17, 15) is 33.6 Å². The molecule has 0 aliphatic carbocycles. The van der Waals surface area contributed by atoms with Gasteiger partial charge >= 0.3 is 23.5 Å². The summed E-state index contributed by atoms with van der Waals surface area (Å²) in [6.45, 7) is -1.00. The van der Waals surface area contributed by atoms with Crippen molar-refractivity contribution in [2.75, 3.05) is 6.61 Å². The molecule has 29 heavy (non-hydrogen) atoms. The first-order valence-corrected chi connectivity index (χ1v) is 11.6. The van der Waals surface area contributed by atoms with Gasteiger partial charge in [-0.05, 0) is 0 Å². The van der Waals surface area contributed by atoms with Crippen LogP contribution in [-0.2, 0) is 31.6 Å². The summed E-state index contributed by atoms with van der Waals surface area (Å²) in [5.41, 5.74) is 4.71. The quantitative estimate of drug-likeness (QED) is 0.176. The van der Waals surface area contributed by atoms with E-state index in [1.54, 1.807) is 0 Å². The molecule has 2 heterocycles. The molecule has 0 radical (unpaired) electrons. The second kappa shape index (κ2) is 8.56. The standard InChI is InChI=1S/C8H15N4O14P3/c9-7(15)3-1-12(11-10-3)8-6(14)5(13)4(24-8)2-23-28(19,20)26-29(21,22)25-27(16,17)18/h1,4-6,8,13-14H,2H2,(H2,9,15)(H,19,20)(H,21,22)(H2,16,17,18)/t4-,5-,6-,8-/m1/s1. The third kappa shape index (κ3) is 6.70. The zero-order valence-corrected chi connectivity index (χ0v) is 16.5. The van der Waals surface area contributed by atoms with Crippen molar-refractivity contribution in [2.45, 2.75) is 24.5 Å². The highest BCUT2D eigenvalue weighted by Gasteiger charge is 2.47. The first-order valence-electron chi connectivity index (χ1n) is 7.12. The van der Waals surface area contributed by atoms with Crippen LogP contribution >= 0.6 is 23.5 Å². The fourth-order valence-corrected chi connectivity index (χ4v) is 5.10. The van der Waals surface area contributed by atoms with E-state index in [0.29, 0.717) is 0 Å². The fraction of sp³-hybridized carbons (Fsp3) is 0.625. The SMILES string of the molecule is NC(=O)c1cn([C@@H]2O[C@H](COP(=O)(O)OP(=O)(O)OP(=O)(O)O)[C@@H](O)[C@H]2O)nn1. The lowest BCUT2D eigenvalue weighted by molar-refractivity contribution is -0.0586. The fourth-order valence-electron chi connectivity index (χ4n) is 2.07. The Balaban J connectivity index is 2.01. The van der Waals surface area contributed by atoms with Crippen molar-refractivity contribution in [3.05, 3.63) is 11.9 Å². The van der Waals surface area contributed by atoms with Crippen LogP contribution in [0.1, 0.15) is 16.7 Å². The van der Waals surface area contributed by atoms with E-state index in [-0.39, 0.29) is 5.69 Å². The molecule has 1 saturated heterocycles. The Bertz CT molecular complexity index is 899. The minimum absolute atomic E-state index is 0.285. The highest BCUT2D eigenvalue weighted by molar-refractivity contribution is 7.66. The molecule has 0 saturated carbocycles. The monoisotopic (exact) mass is 484 g/mol. The topological polar surface area (TPSA) is 283 Å². The predicted octanol–water partition coefficient (Wildman–Crippen LogP) is -2.66. The zero-order valence-electron chi connectivity index (χ0n) is 13.8. The number of phosphoric ester groups is 1. The number of hydrogen-bond acceptors (Lipinski definition) is 12. The van der Waals surface area contributed by atoms with Gasteiger partial charge in [0.1, 0.15) is 18.3 Å². The highest BCUT2D eigenvalue weighted by atomic mass is 31.3. The van der Waals surface area contributed by atoms with Crippen molar-refractivity contribution >= 4 is 29.4 Å². The van der Waals surface area contributed by atoms with Crippen molar-refractivity contribution in [3.8, 4) is 0 Å². The van der Waals surface area contributed by atoms with Crippen molar-refractivity contribution in [2.24, 2.45) is 5.73 Å². The van der Waals surface area contributed by atoms with Gasteiger partial charge < -0.3 is 40.3 Å². The average molecular weight is 484 g/mol. The van der Waals surface area contributed by atoms with Crippen LogP contribution in [0, 0.1) is 0 Å². The van der Waals surface area contributed by atoms with Crippen molar-refractivity contribution in [1.82, 2.24) is 15.0 Å². The van der Waals surface area contributed by atoms with Gasteiger partial charge in [0.2, 0.25) is 0 Å². The molecule has 1 fully saturated rings. The number of carbonyl (C=O) groups is 1. The molecule has 0 spiro atoms. The number of nitrogens with zero attached hydrogens (tertiary/aromatic N) is 3. The molecule has 2 rings (SSSR count). The first-order chi connectivity index (χ1) is 13.1. The Hall–Kier alpha value is -1.10. The van der Waals surface area contributed by atoms with Gasteiger partial charge in [-0.1, -0.05) is 5.21 Å². The maximum absolute atomic E-state index is 11.7. The van der Waals surface area contributed by atoms with E-state index in [4.69, 9.17) is 25.2 Å². The lowest BCUT2D eigenvalue weighted by Crippen LogP contribution is -2.33. The summed E-state index contributed by atoms with van der Waals surface area (Å²) in [5, 5.41) is 26.8. The predicted molar refractivity (Wildman–Crippen MR) is 84.3 cm³/mol. The number of carbonyl (C=O) groups excluding carboxylic acids is 1. The van der Waals surface area contributed by atoms with E-state index in [1.807, 2.05) is 0 Å². The summed E-state index contributed by atoms with van der Waals surface area (Å²) >= 11 is 0. The Morgan fingerprint density at radius 3 is 2.28 bits per heavy atom. The van der Waals surface area contributed by atoms with Crippen LogP contribution in [0.5, 0.6) is 0 Å². The molecule has 18 nitrogen and oxygen atoms in total. The van der Waals surface area contributed by atoms with E-state index in [1.165, 1.54) is 0 Å². The van der Waals surface area contributed by atoms with Gasteiger partial charge in [0.05, 0.1) is 12.8 Å². The molecule has 1 amide bonds. The lowest BCUT2D eigenvalue weighted by Gasteiger charge is -2.19. The number of primary amides is 1. The maximum Gasteiger partial charge on any atom is 0.490 e. The number of aliphatic hydroxyl groups is 2. The average Bonchev–Trinajstić information content (AvgIpc) is 3.09. The van der Waals surface area contributed by atoms with Crippen molar-refractivity contribution in [1.29, 1.82) is 0 Å². The van der Waals surface area contributed by atoms with Gasteiger partial charge in [-0.15, -0.1) is 5.10 Å². The second-order valence-electron chi connectivity index (χ2n) is 5.38. The normalized spacial score (nSPS) is 29.3. The smallest absolute Gasteiger partial charge is 0.387 e. The van der Waals surface area contributed by atoms with Crippen LogP contribution in [0.2, 0.25) is 0 Å². The van der Waals surface area contributed by atoms with Crippen LogP contribution in [0.4, 0.5) is 0 Å². The molecule has 166 valence electrons. The minimum atomic E-state index is -5.71. The Labute approximate surface area is 160 Å². The Morgan fingerprint density at radius 2 is 1.76 bits per heavy atom. The molecule has 1 aliphatic heterocycles.